The number of halogens is 1. The Balaban J connectivity index is 1.83. The molecule has 1 saturated heterocycles. The van der Waals surface area contributed by atoms with Gasteiger partial charge in [-0.25, -0.2) is 0 Å². The summed E-state index contributed by atoms with van der Waals surface area (Å²) in [6, 6.07) is 8.15. The largest absolute Gasteiger partial charge is 0.375 e. The minimum atomic E-state index is -0.0363. The SMILES string of the molecule is COCC(=O)N[C@H]1CCCN(Cc2ccc(Cl)cc2)C1. The maximum atomic E-state index is 11.5. The molecule has 110 valence electrons. The van der Waals surface area contributed by atoms with Gasteiger partial charge in [0.1, 0.15) is 6.61 Å². The van der Waals surface area contributed by atoms with Crippen molar-refractivity contribution in [1.82, 2.24) is 10.2 Å². The van der Waals surface area contributed by atoms with E-state index in [1.54, 1.807) is 0 Å². The number of methoxy groups -OCH3 is 1. The van der Waals surface area contributed by atoms with Gasteiger partial charge >= 0.3 is 0 Å². The lowest BCUT2D eigenvalue weighted by atomic mass is 10.0. The molecule has 2 rings (SSSR count). The van der Waals surface area contributed by atoms with Crippen LogP contribution in [0.15, 0.2) is 24.3 Å². The Morgan fingerprint density at radius 3 is 2.90 bits per heavy atom. The second kappa shape index (κ2) is 7.62. The second-order valence-corrected chi connectivity index (χ2v) is 5.64. The van der Waals surface area contributed by atoms with Crippen LogP contribution in [-0.2, 0) is 16.1 Å². The second-order valence-electron chi connectivity index (χ2n) is 5.20. The quantitative estimate of drug-likeness (QED) is 0.904. The Kier molecular flexibility index (Phi) is 5.83. The molecule has 1 N–H and O–H groups in total. The van der Waals surface area contributed by atoms with Gasteiger partial charge in [0.25, 0.3) is 0 Å². The molecule has 20 heavy (non-hydrogen) atoms. The van der Waals surface area contributed by atoms with Crippen LogP contribution in [0.2, 0.25) is 5.02 Å². The predicted octanol–water partition coefficient (Wildman–Crippen LogP) is 2.07. The van der Waals surface area contributed by atoms with Crippen molar-refractivity contribution in [1.29, 1.82) is 0 Å². The Morgan fingerprint density at radius 2 is 2.20 bits per heavy atom. The molecule has 5 heteroatoms. The Bertz CT molecular complexity index is 436. The number of rotatable bonds is 5. The Hall–Kier alpha value is -1.10. The average Bonchev–Trinajstić information content (AvgIpc) is 2.42. The first-order chi connectivity index (χ1) is 9.67. The molecule has 0 spiro atoms. The molecule has 0 unspecified atom stereocenters. The standard InChI is InChI=1S/C15H21ClN2O2/c1-20-11-15(19)17-14-3-2-8-18(10-14)9-12-4-6-13(16)7-5-12/h4-7,14H,2-3,8-11H2,1H3,(H,17,19)/t14-/m0/s1. The molecule has 1 aromatic rings. The number of nitrogens with one attached hydrogen (secondary N) is 1. The maximum Gasteiger partial charge on any atom is 0.246 e. The summed E-state index contributed by atoms with van der Waals surface area (Å²) in [7, 11) is 1.54. The third-order valence-corrected chi connectivity index (χ3v) is 3.72. The first-order valence-corrected chi connectivity index (χ1v) is 7.30. The van der Waals surface area contributed by atoms with Crippen LogP contribution in [0, 0.1) is 0 Å². The molecule has 0 saturated carbocycles. The van der Waals surface area contributed by atoms with E-state index in [1.807, 2.05) is 12.1 Å². The number of benzene rings is 1. The summed E-state index contributed by atoms with van der Waals surface area (Å²) in [5.74, 6) is -0.0363. The summed E-state index contributed by atoms with van der Waals surface area (Å²) in [4.78, 5) is 13.9. The van der Waals surface area contributed by atoms with Gasteiger partial charge in [0.05, 0.1) is 0 Å². The van der Waals surface area contributed by atoms with E-state index >= 15 is 0 Å². The fourth-order valence-corrected chi connectivity index (χ4v) is 2.69. The van der Waals surface area contributed by atoms with Crippen LogP contribution in [0.4, 0.5) is 0 Å². The molecule has 0 radical (unpaired) electrons. The first kappa shape index (κ1) is 15.3. The van der Waals surface area contributed by atoms with Gasteiger partial charge in [0.15, 0.2) is 0 Å². The zero-order valence-corrected chi connectivity index (χ0v) is 12.5. The van der Waals surface area contributed by atoms with E-state index in [-0.39, 0.29) is 18.6 Å². The molecule has 1 aliphatic heterocycles. The third kappa shape index (κ3) is 4.78. The number of hydrogen-bond donors (Lipinski definition) is 1. The van der Waals surface area contributed by atoms with E-state index in [0.717, 1.165) is 37.5 Å². The average molecular weight is 297 g/mol. The maximum absolute atomic E-state index is 11.5. The summed E-state index contributed by atoms with van der Waals surface area (Å²) in [6.45, 7) is 2.98. The van der Waals surface area contributed by atoms with E-state index in [9.17, 15) is 4.79 Å². The van der Waals surface area contributed by atoms with Gasteiger partial charge < -0.3 is 10.1 Å². The summed E-state index contributed by atoms with van der Waals surface area (Å²) in [5, 5.41) is 3.78. The van der Waals surface area contributed by atoms with E-state index in [2.05, 4.69) is 22.3 Å². The molecule has 1 fully saturated rings. The number of hydrogen-bond acceptors (Lipinski definition) is 3. The van der Waals surface area contributed by atoms with Gasteiger partial charge in [-0.2, -0.15) is 0 Å². The van der Waals surface area contributed by atoms with Crippen LogP contribution in [0.3, 0.4) is 0 Å². The van der Waals surface area contributed by atoms with Crippen molar-refractivity contribution in [2.75, 3.05) is 26.8 Å². The van der Waals surface area contributed by atoms with Crippen LogP contribution in [0.5, 0.6) is 0 Å². The summed E-state index contributed by atoms with van der Waals surface area (Å²) in [6.07, 6.45) is 2.14. The minimum absolute atomic E-state index is 0.0363. The highest BCUT2D eigenvalue weighted by molar-refractivity contribution is 6.30. The van der Waals surface area contributed by atoms with E-state index in [4.69, 9.17) is 16.3 Å². The Morgan fingerprint density at radius 1 is 1.45 bits per heavy atom. The molecule has 1 aromatic carbocycles. The van der Waals surface area contributed by atoms with Gasteiger partial charge in [-0.15, -0.1) is 0 Å². The fraction of sp³-hybridized carbons (Fsp3) is 0.533. The van der Waals surface area contributed by atoms with Crippen molar-refractivity contribution in [3.05, 3.63) is 34.9 Å². The summed E-state index contributed by atoms with van der Waals surface area (Å²) in [5.41, 5.74) is 1.25. The fourth-order valence-electron chi connectivity index (χ4n) is 2.57. The molecular weight excluding hydrogens is 276 g/mol. The van der Waals surface area contributed by atoms with Gasteiger partial charge in [-0.05, 0) is 37.1 Å². The van der Waals surface area contributed by atoms with Crippen LogP contribution in [0.1, 0.15) is 18.4 Å². The monoisotopic (exact) mass is 296 g/mol. The van der Waals surface area contributed by atoms with Crippen LogP contribution >= 0.6 is 11.6 Å². The first-order valence-electron chi connectivity index (χ1n) is 6.92. The number of carbonyl (C=O) groups excluding carboxylic acids is 1. The van der Waals surface area contributed by atoms with Gasteiger partial charge in [-0.1, -0.05) is 23.7 Å². The molecule has 4 nitrogen and oxygen atoms in total. The number of nitrogens with zero attached hydrogens (tertiary/aromatic N) is 1. The number of carbonyl (C=O) groups is 1. The smallest absolute Gasteiger partial charge is 0.246 e. The molecule has 0 bridgehead atoms. The lowest BCUT2D eigenvalue weighted by Crippen LogP contribution is -2.48. The van der Waals surface area contributed by atoms with Crippen molar-refractivity contribution < 1.29 is 9.53 Å². The molecule has 1 amide bonds. The topological polar surface area (TPSA) is 41.6 Å². The molecule has 0 aromatic heterocycles. The van der Waals surface area contributed by atoms with Crippen molar-refractivity contribution in [3.8, 4) is 0 Å². The normalized spacial score (nSPS) is 19.8. The number of likely N-dealkylation sites (tertiary alicyclic amines) is 1. The van der Waals surface area contributed by atoms with Gasteiger partial charge in [0.2, 0.25) is 5.91 Å². The van der Waals surface area contributed by atoms with Crippen molar-refractivity contribution in [2.24, 2.45) is 0 Å². The third-order valence-electron chi connectivity index (χ3n) is 3.47. The molecule has 1 heterocycles. The molecular formula is C15H21ClN2O2. The van der Waals surface area contributed by atoms with E-state index in [1.165, 1.54) is 12.7 Å². The van der Waals surface area contributed by atoms with Gasteiger partial charge in [-0.3, -0.25) is 9.69 Å². The minimum Gasteiger partial charge on any atom is -0.375 e. The van der Waals surface area contributed by atoms with Crippen molar-refractivity contribution >= 4 is 17.5 Å². The highest BCUT2D eigenvalue weighted by Gasteiger charge is 2.21. The van der Waals surface area contributed by atoms with Crippen LogP contribution in [-0.4, -0.2) is 43.7 Å². The van der Waals surface area contributed by atoms with E-state index < -0.39 is 0 Å². The van der Waals surface area contributed by atoms with E-state index in [0.29, 0.717) is 0 Å². The lowest BCUT2D eigenvalue weighted by Gasteiger charge is -2.33. The summed E-state index contributed by atoms with van der Waals surface area (Å²) >= 11 is 5.89. The highest BCUT2D eigenvalue weighted by atomic mass is 35.5. The van der Waals surface area contributed by atoms with Crippen LogP contribution < -0.4 is 5.32 Å². The number of ether oxygens (including phenoxy) is 1. The highest BCUT2D eigenvalue weighted by Crippen LogP contribution is 2.15. The van der Waals surface area contributed by atoms with Crippen molar-refractivity contribution in [3.63, 3.8) is 0 Å². The van der Waals surface area contributed by atoms with Crippen molar-refractivity contribution in [2.45, 2.75) is 25.4 Å². The van der Waals surface area contributed by atoms with Gasteiger partial charge in [0, 0.05) is 31.3 Å². The molecule has 1 aliphatic rings. The Labute approximate surface area is 125 Å². The zero-order chi connectivity index (χ0) is 14.4. The number of amides is 1. The zero-order valence-electron chi connectivity index (χ0n) is 11.8. The molecule has 1 atom stereocenters. The van der Waals surface area contributed by atoms with Crippen LogP contribution in [0.25, 0.3) is 0 Å². The summed E-state index contributed by atoms with van der Waals surface area (Å²) < 4.78 is 4.84. The lowest BCUT2D eigenvalue weighted by molar-refractivity contribution is -0.125. The number of piperidine rings is 1. The predicted molar refractivity (Wildman–Crippen MR) is 79.8 cm³/mol. The molecule has 0 aliphatic carbocycles.